The van der Waals surface area contributed by atoms with Crippen molar-refractivity contribution in [3.63, 3.8) is 0 Å². The predicted octanol–water partition coefficient (Wildman–Crippen LogP) is 9.76. The van der Waals surface area contributed by atoms with Crippen LogP contribution in [0, 0.1) is 10.8 Å². The van der Waals surface area contributed by atoms with Crippen LogP contribution in [0.1, 0.15) is 94.9 Å². The molecular weight excluding hydrogens is 512 g/mol. The molecule has 0 saturated heterocycles. The Labute approximate surface area is 256 Å². The highest BCUT2D eigenvalue weighted by Crippen LogP contribution is 2.42. The van der Waals surface area contributed by atoms with E-state index in [1.54, 1.807) is 0 Å². The molecule has 0 aromatic heterocycles. The lowest BCUT2D eigenvalue weighted by atomic mass is 9.72. The van der Waals surface area contributed by atoms with E-state index in [1.165, 1.54) is 0 Å². The summed E-state index contributed by atoms with van der Waals surface area (Å²) >= 11 is 0. The first kappa shape index (κ1) is 34.7. The van der Waals surface area contributed by atoms with Crippen LogP contribution in [-0.2, 0) is 0 Å². The molecule has 2 rings (SSSR count). The number of hydrogen-bond donors (Lipinski definition) is 0. The molecule has 0 aliphatic heterocycles. The molecule has 42 heavy (non-hydrogen) atoms. The molecule has 0 unspecified atom stereocenters. The molecule has 0 aromatic rings. The van der Waals surface area contributed by atoms with E-state index in [0.29, 0.717) is 12.8 Å². The Kier molecular flexibility index (Phi) is 12.9. The maximum absolute atomic E-state index is 12.2. The first-order valence-corrected chi connectivity index (χ1v) is 15.2. The fourth-order valence-corrected chi connectivity index (χ4v) is 5.28. The molecule has 0 aromatic carbocycles. The van der Waals surface area contributed by atoms with Gasteiger partial charge in [0.2, 0.25) is 0 Å². The molecular formula is C40H52O2-2. The van der Waals surface area contributed by atoms with Crippen LogP contribution in [0.25, 0.3) is 0 Å². The average molecular weight is 565 g/mol. The monoisotopic (exact) mass is 564 g/mol. The largest absolute Gasteiger partial charge is 0.875 e. The zero-order valence-electron chi connectivity index (χ0n) is 27.7. The van der Waals surface area contributed by atoms with Gasteiger partial charge in [0.15, 0.2) is 0 Å². The van der Waals surface area contributed by atoms with Crippen LogP contribution < -0.4 is 10.2 Å². The summed E-state index contributed by atoms with van der Waals surface area (Å²) in [5.41, 5.74) is 8.82. The lowest BCUT2D eigenvalue weighted by molar-refractivity contribution is -0.310. The van der Waals surface area contributed by atoms with Crippen molar-refractivity contribution in [2.24, 2.45) is 10.8 Å². The standard InChI is InChI=1S/C40H54O2/c1-29(17-13-19-31(3)21-23-35-33(5)37(41)25-27-39(35,7)8)15-11-12-16-30(2)18-14-20-32(4)22-24-36-34(6)38(42)26-28-40(36,9)10/h11-24,41-42H,25-28H2,1-10H3/p-2/b15-11+,16-12+,19-13+,20-14+,29-17+,30-18+,31-21-,32-22+,35-23+,36-24+. The second-order valence-electron chi connectivity index (χ2n) is 13.1. The first-order chi connectivity index (χ1) is 19.6. The molecule has 2 heteroatoms. The van der Waals surface area contributed by atoms with Crippen molar-refractivity contribution in [1.29, 1.82) is 0 Å². The molecule has 226 valence electrons. The second kappa shape index (κ2) is 15.6. The quantitative estimate of drug-likeness (QED) is 0.262. The molecule has 0 atom stereocenters. The van der Waals surface area contributed by atoms with E-state index >= 15 is 0 Å². The summed E-state index contributed by atoms with van der Waals surface area (Å²) in [6, 6.07) is 0. The fourth-order valence-electron chi connectivity index (χ4n) is 5.28. The van der Waals surface area contributed by atoms with Crippen molar-refractivity contribution in [2.45, 2.75) is 94.9 Å². The van der Waals surface area contributed by atoms with Crippen molar-refractivity contribution >= 4 is 0 Å². The molecule has 0 spiro atoms. The van der Waals surface area contributed by atoms with Crippen LogP contribution >= 0.6 is 0 Å². The van der Waals surface area contributed by atoms with Gasteiger partial charge in [-0.25, -0.2) is 0 Å². The number of rotatable bonds is 9. The predicted molar refractivity (Wildman–Crippen MR) is 179 cm³/mol. The molecule has 0 bridgehead atoms. The zero-order chi connectivity index (χ0) is 31.5. The maximum atomic E-state index is 12.2. The molecule has 0 amide bonds. The Bertz CT molecular complexity index is 1260. The van der Waals surface area contributed by atoms with E-state index in [0.717, 1.165) is 57.4 Å². The maximum Gasteiger partial charge on any atom is -0.00985 e. The smallest absolute Gasteiger partial charge is 0.00985 e. The summed E-state index contributed by atoms with van der Waals surface area (Å²) in [6.45, 7) is 21.1. The van der Waals surface area contributed by atoms with Crippen LogP contribution in [0.2, 0.25) is 0 Å². The molecule has 0 saturated carbocycles. The Morgan fingerprint density at radius 3 is 1.19 bits per heavy atom. The van der Waals surface area contributed by atoms with Gasteiger partial charge >= 0.3 is 0 Å². The van der Waals surface area contributed by atoms with Crippen LogP contribution in [-0.4, -0.2) is 0 Å². The van der Waals surface area contributed by atoms with Crippen LogP contribution in [0.15, 0.2) is 141 Å². The van der Waals surface area contributed by atoms with Gasteiger partial charge in [0, 0.05) is 0 Å². The Morgan fingerprint density at radius 2 is 0.833 bits per heavy atom. The van der Waals surface area contributed by atoms with Crippen molar-refractivity contribution in [3.05, 3.63) is 141 Å². The van der Waals surface area contributed by atoms with E-state index in [2.05, 4.69) is 140 Å². The van der Waals surface area contributed by atoms with Gasteiger partial charge in [-0.1, -0.05) is 146 Å². The molecule has 0 heterocycles. The molecule has 0 fully saturated rings. The Balaban J connectivity index is 1.94. The van der Waals surface area contributed by atoms with Gasteiger partial charge in [-0.2, -0.15) is 0 Å². The lowest BCUT2D eigenvalue weighted by Gasteiger charge is -2.37. The molecule has 0 radical (unpaired) electrons. The van der Waals surface area contributed by atoms with Crippen molar-refractivity contribution in [2.75, 3.05) is 0 Å². The summed E-state index contributed by atoms with van der Waals surface area (Å²) in [5, 5.41) is 24.3. The van der Waals surface area contributed by atoms with Crippen LogP contribution in [0.3, 0.4) is 0 Å². The van der Waals surface area contributed by atoms with Crippen molar-refractivity contribution < 1.29 is 10.2 Å². The fraction of sp³-hybridized carbons (Fsp3) is 0.400. The third kappa shape index (κ3) is 10.7. The topological polar surface area (TPSA) is 46.1 Å². The summed E-state index contributed by atoms with van der Waals surface area (Å²) < 4.78 is 0. The Morgan fingerprint density at radius 1 is 0.524 bits per heavy atom. The molecule has 2 aliphatic carbocycles. The van der Waals surface area contributed by atoms with E-state index in [4.69, 9.17) is 0 Å². The van der Waals surface area contributed by atoms with Gasteiger partial charge in [-0.3, -0.25) is 0 Å². The van der Waals surface area contributed by atoms with E-state index < -0.39 is 0 Å². The summed E-state index contributed by atoms with van der Waals surface area (Å²) in [7, 11) is 0. The highest BCUT2D eigenvalue weighted by Gasteiger charge is 2.28. The van der Waals surface area contributed by atoms with E-state index in [9.17, 15) is 10.2 Å². The van der Waals surface area contributed by atoms with Gasteiger partial charge in [0.1, 0.15) is 0 Å². The lowest BCUT2D eigenvalue weighted by Crippen LogP contribution is -2.25. The highest BCUT2D eigenvalue weighted by atomic mass is 16.3. The van der Waals surface area contributed by atoms with Crippen LogP contribution in [0.4, 0.5) is 0 Å². The number of allylic oxidation sites excluding steroid dienone is 24. The van der Waals surface area contributed by atoms with Crippen molar-refractivity contribution in [1.82, 2.24) is 0 Å². The summed E-state index contributed by atoms with van der Waals surface area (Å²) in [4.78, 5) is 0. The van der Waals surface area contributed by atoms with E-state index in [-0.39, 0.29) is 22.3 Å². The van der Waals surface area contributed by atoms with Crippen molar-refractivity contribution in [3.8, 4) is 0 Å². The second-order valence-corrected chi connectivity index (χ2v) is 13.1. The average Bonchev–Trinajstić information content (AvgIpc) is 2.91. The minimum Gasteiger partial charge on any atom is -0.875 e. The molecule has 2 aliphatic rings. The highest BCUT2D eigenvalue weighted by molar-refractivity contribution is 5.43. The number of hydrogen-bond acceptors (Lipinski definition) is 2. The normalized spacial score (nSPS) is 23.3. The first-order valence-electron chi connectivity index (χ1n) is 15.2. The van der Waals surface area contributed by atoms with Gasteiger partial charge < -0.3 is 10.2 Å². The summed E-state index contributed by atoms with van der Waals surface area (Å²) in [5.74, 6) is 0.542. The minimum absolute atomic E-state index is 0.0404. The zero-order valence-corrected chi connectivity index (χ0v) is 27.7. The van der Waals surface area contributed by atoms with Crippen LogP contribution in [0.5, 0.6) is 0 Å². The van der Waals surface area contributed by atoms with Gasteiger partial charge in [-0.15, -0.1) is 11.5 Å². The van der Waals surface area contributed by atoms with Gasteiger partial charge in [0.05, 0.1) is 0 Å². The van der Waals surface area contributed by atoms with Gasteiger partial charge in [-0.05, 0) is 89.2 Å². The minimum atomic E-state index is 0.0404. The third-order valence-electron chi connectivity index (χ3n) is 8.35. The summed E-state index contributed by atoms with van der Waals surface area (Å²) in [6.07, 6.45) is 32.4. The Hall–Kier alpha value is -3.52. The SMILES string of the molecule is CC1=C([O-])CCC(C)(C)/C1=C/C=C(C)\C=C\C=C(C)\C=C\C=C\C(C)=C\C=C\C(C)=C\C=C1/C(C)=C([O-])CCC1(C)C. The molecule has 2 nitrogen and oxygen atoms in total. The van der Waals surface area contributed by atoms with E-state index in [1.807, 2.05) is 13.8 Å². The molecule has 0 N–H and O–H groups in total. The third-order valence-corrected chi connectivity index (χ3v) is 8.35. The van der Waals surface area contributed by atoms with Gasteiger partial charge in [0.25, 0.3) is 0 Å².